The zero-order chi connectivity index (χ0) is 16.4. The van der Waals surface area contributed by atoms with Gasteiger partial charge in [-0.25, -0.2) is 4.31 Å². The number of hydrogen-bond acceptors (Lipinski definition) is 5. The van der Waals surface area contributed by atoms with Crippen LogP contribution >= 0.6 is 11.9 Å². The zero-order valence-electron chi connectivity index (χ0n) is 13.9. The van der Waals surface area contributed by atoms with Crippen LogP contribution in [0.25, 0.3) is 0 Å². The van der Waals surface area contributed by atoms with E-state index in [1.165, 1.54) is 17.9 Å². The highest BCUT2D eigenvalue weighted by Gasteiger charge is 2.26. The molecule has 126 valence electrons. The van der Waals surface area contributed by atoms with E-state index in [2.05, 4.69) is 28.4 Å². The van der Waals surface area contributed by atoms with Crippen molar-refractivity contribution in [3.63, 3.8) is 0 Å². The van der Waals surface area contributed by atoms with Crippen LogP contribution in [0.3, 0.4) is 0 Å². The molecule has 4 nitrogen and oxygen atoms in total. The van der Waals surface area contributed by atoms with Crippen LogP contribution in [-0.4, -0.2) is 42.4 Å². The Bertz CT molecular complexity index is 695. The fourth-order valence-corrected chi connectivity index (χ4v) is 3.98. The summed E-state index contributed by atoms with van der Waals surface area (Å²) in [5, 5.41) is 0. The Labute approximate surface area is 147 Å². The molecule has 2 aliphatic rings. The quantitative estimate of drug-likeness (QED) is 0.790. The molecule has 1 saturated heterocycles. The largest absolute Gasteiger partial charge is 0.447 e. The minimum absolute atomic E-state index is 0.340. The maximum Gasteiger partial charge on any atom is 0.267 e. The molecule has 24 heavy (non-hydrogen) atoms. The van der Waals surface area contributed by atoms with Gasteiger partial charge in [0.2, 0.25) is 0 Å². The van der Waals surface area contributed by atoms with Crippen LogP contribution in [0.1, 0.15) is 18.3 Å². The number of fused-ring (bicyclic) bond motifs is 1. The van der Waals surface area contributed by atoms with E-state index in [-0.39, 0.29) is 6.29 Å². The van der Waals surface area contributed by atoms with E-state index in [1.807, 2.05) is 48.3 Å². The van der Waals surface area contributed by atoms with E-state index < -0.39 is 0 Å². The van der Waals surface area contributed by atoms with Crippen LogP contribution in [0, 0.1) is 0 Å². The molecule has 5 heteroatoms. The third-order valence-electron chi connectivity index (χ3n) is 4.37. The summed E-state index contributed by atoms with van der Waals surface area (Å²) < 4.78 is 14.4. The van der Waals surface area contributed by atoms with E-state index in [9.17, 15) is 0 Å². The van der Waals surface area contributed by atoms with Crippen molar-refractivity contribution < 1.29 is 9.47 Å². The molecule has 0 saturated carbocycles. The second-order valence-electron chi connectivity index (χ2n) is 6.26. The molecule has 0 bridgehead atoms. The molecule has 0 amide bonds. The van der Waals surface area contributed by atoms with Crippen LogP contribution in [-0.2, 0) is 0 Å². The summed E-state index contributed by atoms with van der Waals surface area (Å²) in [6.45, 7) is 4.50. The molecule has 0 N–H and O–H groups in total. The monoisotopic (exact) mass is 342 g/mol. The van der Waals surface area contributed by atoms with Crippen LogP contribution in [0.2, 0.25) is 0 Å². The Morgan fingerprint density at radius 3 is 2.62 bits per heavy atom. The summed E-state index contributed by atoms with van der Waals surface area (Å²) in [6.07, 6.45) is 0.873. The zero-order valence-corrected chi connectivity index (χ0v) is 14.7. The van der Waals surface area contributed by atoms with Crippen molar-refractivity contribution in [2.24, 2.45) is 0 Å². The minimum atomic E-state index is -0.340. The van der Waals surface area contributed by atoms with Crippen molar-refractivity contribution in [2.45, 2.75) is 17.6 Å². The Balaban J connectivity index is 1.44. The van der Waals surface area contributed by atoms with Crippen LogP contribution in [0.4, 0.5) is 0 Å². The van der Waals surface area contributed by atoms with Crippen molar-refractivity contribution >= 4 is 11.9 Å². The molecule has 1 atom stereocenters. The normalized spacial score (nSPS) is 21.6. The van der Waals surface area contributed by atoms with Crippen molar-refractivity contribution in [3.8, 4) is 11.5 Å². The molecule has 4 rings (SSSR count). The second-order valence-corrected chi connectivity index (χ2v) is 7.43. The molecule has 2 aliphatic heterocycles. The molecule has 0 spiro atoms. The number of benzene rings is 2. The van der Waals surface area contributed by atoms with E-state index in [0.29, 0.717) is 0 Å². The Morgan fingerprint density at radius 1 is 0.917 bits per heavy atom. The molecule has 2 heterocycles. The lowest BCUT2D eigenvalue weighted by molar-refractivity contribution is 0.0487. The molecular formula is C19H22N2O2S. The van der Waals surface area contributed by atoms with E-state index >= 15 is 0 Å². The fourth-order valence-electron chi connectivity index (χ4n) is 3.00. The number of rotatable bonds is 3. The predicted molar refractivity (Wildman–Crippen MR) is 96.4 cm³/mol. The number of likely N-dealkylation sites (N-methyl/N-ethyl adjacent to an activating group) is 1. The summed E-state index contributed by atoms with van der Waals surface area (Å²) >= 11 is 1.81. The van der Waals surface area contributed by atoms with Crippen molar-refractivity contribution in [3.05, 3.63) is 54.1 Å². The van der Waals surface area contributed by atoms with E-state index in [4.69, 9.17) is 9.47 Å². The van der Waals surface area contributed by atoms with Gasteiger partial charge in [0.25, 0.3) is 6.29 Å². The molecular weight excluding hydrogens is 320 g/mol. The van der Waals surface area contributed by atoms with Crippen molar-refractivity contribution in [1.82, 2.24) is 9.21 Å². The highest BCUT2D eigenvalue weighted by atomic mass is 32.2. The number of nitrogens with zero attached hydrogens (tertiary/aromatic N) is 2. The highest BCUT2D eigenvalue weighted by molar-refractivity contribution is 7.97. The summed E-state index contributed by atoms with van der Waals surface area (Å²) in [6, 6.07) is 16.3. The van der Waals surface area contributed by atoms with Crippen LogP contribution in [0.5, 0.6) is 11.5 Å². The summed E-state index contributed by atoms with van der Waals surface area (Å²) in [7, 11) is 2.19. The van der Waals surface area contributed by atoms with Crippen LogP contribution < -0.4 is 9.47 Å². The van der Waals surface area contributed by atoms with Crippen molar-refractivity contribution in [2.75, 3.05) is 33.2 Å². The first-order valence-electron chi connectivity index (χ1n) is 8.42. The number of ether oxygens (including phenoxy) is 2. The molecule has 1 fully saturated rings. The maximum absolute atomic E-state index is 6.00. The third kappa shape index (κ3) is 3.53. The number of hydrogen-bond donors (Lipinski definition) is 0. The van der Waals surface area contributed by atoms with Gasteiger partial charge in [-0.2, -0.15) is 0 Å². The maximum atomic E-state index is 6.00. The second kappa shape index (κ2) is 7.05. The topological polar surface area (TPSA) is 24.9 Å². The van der Waals surface area contributed by atoms with Gasteiger partial charge < -0.3 is 14.4 Å². The third-order valence-corrected chi connectivity index (χ3v) is 5.46. The fraction of sp³-hybridized carbons (Fsp3) is 0.368. The van der Waals surface area contributed by atoms with E-state index in [0.717, 1.165) is 36.7 Å². The van der Waals surface area contributed by atoms with E-state index in [1.54, 1.807) is 0 Å². The Kier molecular flexibility index (Phi) is 4.65. The summed E-state index contributed by atoms with van der Waals surface area (Å²) in [5.41, 5.74) is 1.04. The molecule has 2 aromatic rings. The average Bonchev–Trinajstić information content (AvgIpc) is 2.93. The van der Waals surface area contributed by atoms with Gasteiger partial charge in [0.05, 0.1) is 0 Å². The van der Waals surface area contributed by atoms with Gasteiger partial charge in [0.1, 0.15) is 0 Å². The first kappa shape index (κ1) is 15.8. The van der Waals surface area contributed by atoms with Gasteiger partial charge in [0.15, 0.2) is 11.5 Å². The summed E-state index contributed by atoms with van der Waals surface area (Å²) in [5.74, 6) is 1.66. The standard InChI is InChI=1S/C19H22N2O2S/c1-20-10-5-11-21(13-12-20)24-16-8-9-17-18(14-16)23-19(22-17)15-6-3-2-4-7-15/h2-4,6-9,14,19H,5,10-13H2,1H3. The van der Waals surface area contributed by atoms with Gasteiger partial charge in [-0.15, -0.1) is 0 Å². The smallest absolute Gasteiger partial charge is 0.267 e. The lowest BCUT2D eigenvalue weighted by Crippen LogP contribution is -2.24. The highest BCUT2D eigenvalue weighted by Crippen LogP contribution is 2.42. The summed E-state index contributed by atoms with van der Waals surface area (Å²) in [4.78, 5) is 3.60. The first-order chi connectivity index (χ1) is 11.8. The van der Waals surface area contributed by atoms with Gasteiger partial charge in [-0.05, 0) is 50.2 Å². The molecule has 0 aromatic heterocycles. The Morgan fingerprint density at radius 2 is 1.75 bits per heavy atom. The van der Waals surface area contributed by atoms with Gasteiger partial charge in [-0.3, -0.25) is 0 Å². The lowest BCUT2D eigenvalue weighted by atomic mass is 10.2. The molecule has 2 aromatic carbocycles. The molecule has 0 radical (unpaired) electrons. The molecule has 0 aliphatic carbocycles. The predicted octanol–water partition coefficient (Wildman–Crippen LogP) is 3.80. The Hall–Kier alpha value is -1.69. The van der Waals surface area contributed by atoms with Gasteiger partial charge in [-0.1, -0.05) is 30.3 Å². The van der Waals surface area contributed by atoms with Crippen LogP contribution in [0.15, 0.2) is 53.4 Å². The lowest BCUT2D eigenvalue weighted by Gasteiger charge is -2.18. The average molecular weight is 342 g/mol. The SMILES string of the molecule is CN1CCCN(Sc2ccc3c(c2)OC(c2ccccc2)O3)CC1. The first-order valence-corrected chi connectivity index (χ1v) is 9.19. The van der Waals surface area contributed by atoms with Gasteiger partial charge in [0, 0.05) is 30.1 Å². The van der Waals surface area contributed by atoms with Crippen molar-refractivity contribution in [1.29, 1.82) is 0 Å². The molecule has 1 unspecified atom stereocenters. The van der Waals surface area contributed by atoms with Gasteiger partial charge >= 0.3 is 0 Å². The minimum Gasteiger partial charge on any atom is -0.447 e.